The lowest BCUT2D eigenvalue weighted by atomic mass is 10.0. The van der Waals surface area contributed by atoms with Crippen molar-refractivity contribution < 1.29 is 0 Å². The summed E-state index contributed by atoms with van der Waals surface area (Å²) in [5.41, 5.74) is 7.53. The standard InChI is InChI=1S/C38H22N2/c1-2-9-24-21-36-32(19-23(24)8-1)30-12-7-13-31-33-20-25-16-17-27(18-26(25)22-37(33)40(36)38(30)31)39-34-14-5-3-10-28(34)29-11-4-6-15-35(29)39/h1-22H. The Balaban J connectivity index is 1.33. The molecule has 0 radical (unpaired) electrons. The van der Waals surface area contributed by atoms with E-state index in [1.54, 1.807) is 0 Å². The highest BCUT2D eigenvalue weighted by Gasteiger charge is 2.19. The molecule has 2 nitrogen and oxygen atoms in total. The first kappa shape index (κ1) is 20.6. The van der Waals surface area contributed by atoms with Crippen LogP contribution >= 0.6 is 0 Å². The van der Waals surface area contributed by atoms with Gasteiger partial charge in [0, 0.05) is 38.0 Å². The van der Waals surface area contributed by atoms with Crippen LogP contribution in [0.3, 0.4) is 0 Å². The van der Waals surface area contributed by atoms with Gasteiger partial charge in [-0.3, -0.25) is 0 Å². The van der Waals surface area contributed by atoms with Crippen LogP contribution in [-0.2, 0) is 0 Å². The van der Waals surface area contributed by atoms with Crippen molar-refractivity contribution in [3.05, 3.63) is 133 Å². The molecule has 0 saturated heterocycles. The summed E-state index contributed by atoms with van der Waals surface area (Å²) in [7, 11) is 0. The summed E-state index contributed by atoms with van der Waals surface area (Å²) in [6.07, 6.45) is 0. The number of fused-ring (bicyclic) bond motifs is 11. The molecular formula is C38H22N2. The van der Waals surface area contributed by atoms with Gasteiger partial charge < -0.3 is 8.97 Å². The normalized spacial score (nSPS) is 12.5. The summed E-state index contributed by atoms with van der Waals surface area (Å²) < 4.78 is 4.90. The molecule has 0 unspecified atom stereocenters. The molecular weight excluding hydrogens is 484 g/mol. The number of benzene rings is 7. The van der Waals surface area contributed by atoms with E-state index in [1.807, 2.05) is 0 Å². The van der Waals surface area contributed by atoms with Gasteiger partial charge in [0.05, 0.1) is 27.6 Å². The van der Waals surface area contributed by atoms with Crippen LogP contribution in [0.5, 0.6) is 0 Å². The lowest BCUT2D eigenvalue weighted by Crippen LogP contribution is -1.93. The molecule has 0 spiro atoms. The predicted molar refractivity (Wildman–Crippen MR) is 170 cm³/mol. The molecule has 0 bridgehead atoms. The molecule has 0 saturated carbocycles. The Kier molecular flexibility index (Phi) is 3.70. The van der Waals surface area contributed by atoms with E-state index in [0.717, 1.165) is 0 Å². The summed E-state index contributed by atoms with van der Waals surface area (Å²) in [4.78, 5) is 0. The molecule has 0 amide bonds. The second-order valence-corrected chi connectivity index (χ2v) is 11.0. The molecule has 10 aromatic rings. The van der Waals surface area contributed by atoms with Crippen LogP contribution < -0.4 is 0 Å². The Morgan fingerprint density at radius 2 is 0.850 bits per heavy atom. The van der Waals surface area contributed by atoms with E-state index in [9.17, 15) is 0 Å². The van der Waals surface area contributed by atoms with Crippen molar-refractivity contribution in [3.63, 3.8) is 0 Å². The Bertz CT molecular complexity index is 2600. The lowest BCUT2D eigenvalue weighted by molar-refractivity contribution is 1.19. The third-order valence-electron chi connectivity index (χ3n) is 8.96. The number of hydrogen-bond acceptors (Lipinski definition) is 0. The quantitative estimate of drug-likeness (QED) is 0.209. The molecule has 0 aliphatic rings. The lowest BCUT2D eigenvalue weighted by Gasteiger charge is -2.10. The molecule has 10 rings (SSSR count). The van der Waals surface area contributed by atoms with Crippen LogP contribution in [0.25, 0.3) is 87.1 Å². The number of aromatic nitrogens is 2. The third-order valence-corrected chi connectivity index (χ3v) is 8.96. The van der Waals surface area contributed by atoms with Gasteiger partial charge in [0.15, 0.2) is 0 Å². The Morgan fingerprint density at radius 3 is 1.52 bits per heavy atom. The van der Waals surface area contributed by atoms with Gasteiger partial charge in [-0.25, -0.2) is 0 Å². The third kappa shape index (κ3) is 2.49. The number of nitrogens with zero attached hydrogens (tertiary/aromatic N) is 2. The Hall–Kier alpha value is -5.34. The second kappa shape index (κ2) is 7.19. The highest BCUT2D eigenvalue weighted by molar-refractivity contribution is 6.26. The summed E-state index contributed by atoms with van der Waals surface area (Å²) >= 11 is 0. The van der Waals surface area contributed by atoms with E-state index >= 15 is 0 Å². The monoisotopic (exact) mass is 506 g/mol. The van der Waals surface area contributed by atoms with Crippen molar-refractivity contribution in [1.29, 1.82) is 0 Å². The van der Waals surface area contributed by atoms with Gasteiger partial charge in [-0.05, 0) is 70.1 Å². The molecule has 3 heterocycles. The molecule has 184 valence electrons. The minimum atomic E-state index is 1.19. The van der Waals surface area contributed by atoms with E-state index in [-0.39, 0.29) is 0 Å². The SMILES string of the molecule is c1ccc2cc3c(cc2c1)c1cccc2c4cc5ccc(-n6c7ccccc7c7ccccc76)cc5cc4n3c12. The molecule has 0 N–H and O–H groups in total. The van der Waals surface area contributed by atoms with E-state index in [1.165, 1.54) is 87.1 Å². The van der Waals surface area contributed by atoms with Crippen molar-refractivity contribution in [2.24, 2.45) is 0 Å². The fraction of sp³-hybridized carbons (Fsp3) is 0. The molecule has 3 aromatic heterocycles. The summed E-state index contributed by atoms with van der Waals surface area (Å²) in [5.74, 6) is 0. The van der Waals surface area contributed by atoms with E-state index in [0.29, 0.717) is 0 Å². The van der Waals surface area contributed by atoms with Crippen molar-refractivity contribution in [2.75, 3.05) is 0 Å². The van der Waals surface area contributed by atoms with Gasteiger partial charge in [-0.15, -0.1) is 0 Å². The summed E-state index contributed by atoms with van der Waals surface area (Å²) in [6, 6.07) is 49.3. The van der Waals surface area contributed by atoms with Crippen LogP contribution in [0.4, 0.5) is 0 Å². The van der Waals surface area contributed by atoms with E-state index in [4.69, 9.17) is 0 Å². The van der Waals surface area contributed by atoms with Gasteiger partial charge >= 0.3 is 0 Å². The fourth-order valence-electron chi connectivity index (χ4n) is 7.23. The molecule has 2 heteroatoms. The van der Waals surface area contributed by atoms with Crippen LogP contribution in [0.15, 0.2) is 133 Å². The van der Waals surface area contributed by atoms with Gasteiger partial charge in [0.2, 0.25) is 0 Å². The minimum Gasteiger partial charge on any atom is -0.309 e. The molecule has 7 aromatic carbocycles. The van der Waals surface area contributed by atoms with Gasteiger partial charge in [-0.1, -0.05) is 84.9 Å². The summed E-state index contributed by atoms with van der Waals surface area (Å²) in [6.45, 7) is 0. The largest absolute Gasteiger partial charge is 0.309 e. The van der Waals surface area contributed by atoms with Crippen molar-refractivity contribution >= 4 is 81.4 Å². The maximum atomic E-state index is 2.49. The molecule has 0 fully saturated rings. The first-order valence-corrected chi connectivity index (χ1v) is 13.9. The van der Waals surface area contributed by atoms with Crippen LogP contribution in [0.2, 0.25) is 0 Å². The van der Waals surface area contributed by atoms with Crippen molar-refractivity contribution in [3.8, 4) is 5.69 Å². The smallest absolute Gasteiger partial charge is 0.0620 e. The minimum absolute atomic E-state index is 1.19. The molecule has 40 heavy (non-hydrogen) atoms. The zero-order chi connectivity index (χ0) is 25.9. The Labute approximate surface area is 229 Å². The van der Waals surface area contributed by atoms with Crippen LogP contribution in [-0.4, -0.2) is 8.97 Å². The predicted octanol–water partition coefficient (Wildman–Crippen LogP) is 10.2. The van der Waals surface area contributed by atoms with Gasteiger partial charge in [-0.2, -0.15) is 0 Å². The van der Waals surface area contributed by atoms with Gasteiger partial charge in [0.25, 0.3) is 0 Å². The van der Waals surface area contributed by atoms with Crippen molar-refractivity contribution in [1.82, 2.24) is 8.97 Å². The highest BCUT2D eigenvalue weighted by atomic mass is 15.0. The first-order chi connectivity index (χ1) is 19.8. The number of rotatable bonds is 1. The maximum absolute atomic E-state index is 2.49. The first-order valence-electron chi connectivity index (χ1n) is 13.9. The fourth-order valence-corrected chi connectivity index (χ4v) is 7.23. The molecule has 0 aliphatic heterocycles. The maximum Gasteiger partial charge on any atom is 0.0620 e. The van der Waals surface area contributed by atoms with Crippen LogP contribution in [0.1, 0.15) is 0 Å². The number of para-hydroxylation sites is 3. The average Bonchev–Trinajstić information content (AvgIpc) is 3.63. The van der Waals surface area contributed by atoms with E-state index in [2.05, 4.69) is 142 Å². The van der Waals surface area contributed by atoms with Crippen molar-refractivity contribution in [2.45, 2.75) is 0 Å². The van der Waals surface area contributed by atoms with E-state index < -0.39 is 0 Å². The molecule has 0 atom stereocenters. The Morgan fingerprint density at radius 1 is 0.325 bits per heavy atom. The van der Waals surface area contributed by atoms with Crippen LogP contribution in [0, 0.1) is 0 Å². The summed E-state index contributed by atoms with van der Waals surface area (Å²) in [5, 5.41) is 12.9. The second-order valence-electron chi connectivity index (χ2n) is 11.0. The topological polar surface area (TPSA) is 9.34 Å². The molecule has 0 aliphatic carbocycles. The average molecular weight is 507 g/mol. The number of hydrogen-bond donors (Lipinski definition) is 0. The zero-order valence-corrected chi connectivity index (χ0v) is 21.6. The van der Waals surface area contributed by atoms with Gasteiger partial charge in [0.1, 0.15) is 0 Å². The zero-order valence-electron chi connectivity index (χ0n) is 21.6. The highest BCUT2D eigenvalue weighted by Crippen LogP contribution is 2.42.